The zero-order valence-electron chi connectivity index (χ0n) is 68.7. The molecule has 0 bridgehead atoms. The third-order valence-corrected chi connectivity index (χ3v) is 19.9. The van der Waals surface area contributed by atoms with Crippen LogP contribution in [0.3, 0.4) is 0 Å². The van der Waals surface area contributed by atoms with E-state index in [9.17, 15) is 43.5 Å². The van der Waals surface area contributed by atoms with Crippen molar-refractivity contribution in [1.29, 1.82) is 0 Å². The van der Waals surface area contributed by atoms with Crippen LogP contribution in [0, 0.1) is 0 Å². The Balaban J connectivity index is 4.46. The SMILES string of the molecule is CC/C=C\C/C=C\C/C=C\C/C=C\C/C=C\C/C=C\CCCCCCCCCCCCCCC(=O)OCC(O)COP(=O)(O)OCC(O)COP(=O)(O)OCC(COC(=O)CCCCCCCCCCCCCCC/C=C\C/C=C\C/C=C\C/C=C\C/C=C\CC)OC(=O)CCCCCCC/C=C\CCCCCC. The molecule has 0 saturated heterocycles. The molecular formula is C91H156O16P2. The average molecular weight is 1570 g/mol. The van der Waals surface area contributed by atoms with Gasteiger partial charge in [-0.05, 0) is 141 Å². The molecule has 0 aliphatic heterocycles. The minimum absolute atomic E-state index is 0.0934. The monoisotopic (exact) mass is 1570 g/mol. The van der Waals surface area contributed by atoms with Gasteiger partial charge in [0.1, 0.15) is 25.4 Å². The highest BCUT2D eigenvalue weighted by atomic mass is 31.2. The van der Waals surface area contributed by atoms with Crippen LogP contribution in [0.15, 0.2) is 146 Å². The number of carbonyl (C=O) groups excluding carboxylic acids is 3. The van der Waals surface area contributed by atoms with Crippen molar-refractivity contribution >= 4 is 33.6 Å². The summed E-state index contributed by atoms with van der Waals surface area (Å²) in [5.41, 5.74) is 0. The lowest BCUT2D eigenvalue weighted by Gasteiger charge is -2.21. The molecule has 18 heteroatoms. The molecule has 0 radical (unpaired) electrons. The molecule has 5 atom stereocenters. The molecule has 626 valence electrons. The van der Waals surface area contributed by atoms with Gasteiger partial charge in [-0.2, -0.15) is 0 Å². The fraction of sp³-hybridized carbons (Fsp3) is 0.703. The normalized spacial score (nSPS) is 14.6. The molecule has 0 aliphatic rings. The number of phosphoric ester groups is 2. The quantitative estimate of drug-likeness (QED) is 0.0146. The average Bonchev–Trinajstić information content (AvgIpc) is 0.916. The minimum atomic E-state index is -4.94. The van der Waals surface area contributed by atoms with E-state index in [1.54, 1.807) is 0 Å². The van der Waals surface area contributed by atoms with Gasteiger partial charge in [-0.1, -0.05) is 340 Å². The first kappa shape index (κ1) is 104. The standard InChI is InChI=1S/C91H156O16P2/c1-4-7-10-13-16-19-22-25-27-29-31-33-35-37-39-41-42-44-46-47-49-51-53-55-57-60-62-65-68-71-74-77-89(94)101-80-86(92)81-103-108(97,98)104-82-87(93)83-105-109(99,100)106-85-88(107-91(96)79-76-73-70-67-64-59-24-21-18-15-12-9-6-3)84-102-90(95)78-75-72-69-66-63-61-58-56-54-52-50-48-45-43-40-38-36-34-32-30-28-26-23-20-17-14-11-8-5-2/h7-8,10-11,16-17,19-21,24-28,31-34,37-40,42,44,86-88,92-93H,4-6,9,12-15,18,22-23,29-30,35-36,41,43,45-85H2,1-3H3,(H,97,98)(H,99,100)/b10-7-,11-8-,19-16-,20-17-,24-21-,27-25-,28-26-,33-31-,34-32-,39-37-,40-38-,44-42-. The summed E-state index contributed by atoms with van der Waals surface area (Å²) in [4.78, 5) is 58.8. The van der Waals surface area contributed by atoms with Crippen molar-refractivity contribution < 1.29 is 75.8 Å². The molecule has 0 saturated carbocycles. The molecule has 5 unspecified atom stereocenters. The smallest absolute Gasteiger partial charge is 0.463 e. The van der Waals surface area contributed by atoms with Gasteiger partial charge in [-0.15, -0.1) is 0 Å². The summed E-state index contributed by atoms with van der Waals surface area (Å²) in [5, 5.41) is 20.7. The molecule has 0 fully saturated rings. The number of rotatable bonds is 81. The maximum absolute atomic E-state index is 13.0. The topological polar surface area (TPSA) is 231 Å². The lowest BCUT2D eigenvalue weighted by atomic mass is 10.0. The third kappa shape index (κ3) is 84.2. The highest BCUT2D eigenvalue weighted by Gasteiger charge is 2.29. The summed E-state index contributed by atoms with van der Waals surface area (Å²) in [5.74, 6) is -1.58. The van der Waals surface area contributed by atoms with Crippen LogP contribution in [-0.4, -0.2) is 95.9 Å². The van der Waals surface area contributed by atoms with Crippen LogP contribution in [0.1, 0.15) is 355 Å². The summed E-state index contributed by atoms with van der Waals surface area (Å²) in [6, 6.07) is 0. The maximum Gasteiger partial charge on any atom is 0.472 e. The second-order valence-corrected chi connectivity index (χ2v) is 31.5. The van der Waals surface area contributed by atoms with Gasteiger partial charge in [0.25, 0.3) is 0 Å². The van der Waals surface area contributed by atoms with Crippen LogP contribution in [0.5, 0.6) is 0 Å². The van der Waals surface area contributed by atoms with Gasteiger partial charge >= 0.3 is 33.6 Å². The number of aliphatic hydroxyl groups excluding tert-OH is 2. The zero-order chi connectivity index (χ0) is 79.4. The van der Waals surface area contributed by atoms with Crippen LogP contribution in [0.4, 0.5) is 0 Å². The van der Waals surface area contributed by atoms with E-state index >= 15 is 0 Å². The van der Waals surface area contributed by atoms with Crippen molar-refractivity contribution in [3.63, 3.8) is 0 Å². The van der Waals surface area contributed by atoms with E-state index in [-0.39, 0.29) is 19.3 Å². The molecule has 109 heavy (non-hydrogen) atoms. The van der Waals surface area contributed by atoms with Crippen molar-refractivity contribution in [3.05, 3.63) is 146 Å². The molecule has 0 rings (SSSR count). The Morgan fingerprint density at radius 2 is 0.486 bits per heavy atom. The first-order valence-corrected chi connectivity index (χ1v) is 46.1. The van der Waals surface area contributed by atoms with Crippen molar-refractivity contribution in [3.8, 4) is 0 Å². The third-order valence-electron chi connectivity index (χ3n) is 18.0. The number of esters is 3. The molecule has 0 heterocycles. The van der Waals surface area contributed by atoms with Crippen LogP contribution < -0.4 is 0 Å². The molecule has 16 nitrogen and oxygen atoms in total. The first-order valence-electron chi connectivity index (χ1n) is 43.1. The van der Waals surface area contributed by atoms with E-state index in [1.807, 2.05) is 0 Å². The van der Waals surface area contributed by atoms with E-state index in [0.717, 1.165) is 167 Å². The molecule has 4 N–H and O–H groups in total. The molecule has 0 aromatic carbocycles. The van der Waals surface area contributed by atoms with Gasteiger partial charge in [0.2, 0.25) is 0 Å². The zero-order valence-corrected chi connectivity index (χ0v) is 70.5. The highest BCUT2D eigenvalue weighted by molar-refractivity contribution is 7.47. The Morgan fingerprint density at radius 1 is 0.266 bits per heavy atom. The lowest BCUT2D eigenvalue weighted by molar-refractivity contribution is -0.161. The van der Waals surface area contributed by atoms with Crippen molar-refractivity contribution in [2.75, 3.05) is 39.6 Å². The summed E-state index contributed by atoms with van der Waals surface area (Å²) >= 11 is 0. The Hall–Kier alpha value is -4.57. The molecule has 0 amide bonds. The van der Waals surface area contributed by atoms with Crippen LogP contribution in [0.2, 0.25) is 0 Å². The fourth-order valence-electron chi connectivity index (χ4n) is 11.5. The largest absolute Gasteiger partial charge is 0.472 e. The number of carbonyl (C=O) groups is 3. The van der Waals surface area contributed by atoms with Crippen LogP contribution in [0.25, 0.3) is 0 Å². The number of aliphatic hydroxyl groups is 2. The van der Waals surface area contributed by atoms with Gasteiger partial charge in [-0.25, -0.2) is 9.13 Å². The van der Waals surface area contributed by atoms with E-state index < -0.39 is 91.5 Å². The predicted molar refractivity (Wildman–Crippen MR) is 454 cm³/mol. The predicted octanol–water partition coefficient (Wildman–Crippen LogP) is 26.0. The van der Waals surface area contributed by atoms with Crippen LogP contribution in [-0.2, 0) is 55.8 Å². The van der Waals surface area contributed by atoms with Gasteiger partial charge in [0.15, 0.2) is 6.10 Å². The van der Waals surface area contributed by atoms with Crippen molar-refractivity contribution in [2.24, 2.45) is 0 Å². The molecule has 0 aliphatic carbocycles. The molecule has 0 aromatic heterocycles. The number of ether oxygens (including phenoxy) is 3. The highest BCUT2D eigenvalue weighted by Crippen LogP contribution is 2.45. The molecular weight excluding hydrogens is 1410 g/mol. The Kier molecular flexibility index (Phi) is 79.4. The van der Waals surface area contributed by atoms with Gasteiger partial charge in [0.05, 0.1) is 26.4 Å². The second kappa shape index (κ2) is 82.9. The van der Waals surface area contributed by atoms with Crippen molar-refractivity contribution in [1.82, 2.24) is 0 Å². The summed E-state index contributed by atoms with van der Waals surface area (Å²) in [6.07, 6.45) is 103. The number of allylic oxidation sites excluding steroid dienone is 24. The van der Waals surface area contributed by atoms with Gasteiger partial charge < -0.3 is 34.2 Å². The van der Waals surface area contributed by atoms with Gasteiger partial charge in [-0.3, -0.25) is 32.5 Å². The van der Waals surface area contributed by atoms with E-state index in [0.29, 0.717) is 19.3 Å². The van der Waals surface area contributed by atoms with Crippen LogP contribution >= 0.6 is 15.6 Å². The number of hydrogen-bond donors (Lipinski definition) is 4. The molecule has 0 spiro atoms. The fourth-order valence-corrected chi connectivity index (χ4v) is 13.1. The van der Waals surface area contributed by atoms with Gasteiger partial charge in [0, 0.05) is 19.3 Å². The van der Waals surface area contributed by atoms with Crippen molar-refractivity contribution in [2.45, 2.75) is 373 Å². The first-order chi connectivity index (χ1) is 53.2. The Bertz CT molecular complexity index is 2560. The Morgan fingerprint density at radius 3 is 0.780 bits per heavy atom. The molecule has 0 aromatic rings. The second-order valence-electron chi connectivity index (χ2n) is 28.6. The number of hydrogen-bond acceptors (Lipinski definition) is 14. The minimum Gasteiger partial charge on any atom is -0.463 e. The lowest BCUT2D eigenvalue weighted by Crippen LogP contribution is -2.30. The summed E-state index contributed by atoms with van der Waals surface area (Å²) < 4.78 is 61.3. The van der Waals surface area contributed by atoms with E-state index in [4.69, 9.17) is 32.3 Å². The Labute approximate surface area is 664 Å². The maximum atomic E-state index is 13.0. The summed E-state index contributed by atoms with van der Waals surface area (Å²) in [7, 11) is -9.80. The number of phosphoric acid groups is 2. The van der Waals surface area contributed by atoms with E-state index in [2.05, 4.69) is 167 Å². The number of unbranched alkanes of at least 4 members (excludes halogenated alkanes) is 34. The van der Waals surface area contributed by atoms with E-state index in [1.165, 1.54) is 128 Å². The summed E-state index contributed by atoms with van der Waals surface area (Å²) in [6.45, 7) is 2.46.